The number of ketones is 1. The third kappa shape index (κ3) is 3.84. The van der Waals surface area contributed by atoms with Gasteiger partial charge in [-0.3, -0.25) is 9.36 Å². The average molecular weight is 537 g/mol. The van der Waals surface area contributed by atoms with Gasteiger partial charge < -0.3 is 13.8 Å². The molecule has 1 aromatic rings. The number of benzene rings is 1. The highest BCUT2D eigenvalue weighted by Crippen LogP contribution is 2.70. The number of hydrogen-bond donors (Lipinski definition) is 0. The van der Waals surface area contributed by atoms with E-state index in [1.54, 1.807) is 5.57 Å². The summed E-state index contributed by atoms with van der Waals surface area (Å²) < 4.78 is 31.3. The van der Waals surface area contributed by atoms with Crippen molar-refractivity contribution in [1.82, 2.24) is 0 Å². The van der Waals surface area contributed by atoms with Gasteiger partial charge in [0.25, 0.3) is 0 Å². The van der Waals surface area contributed by atoms with E-state index in [1.807, 2.05) is 32.1 Å². The Kier molecular flexibility index (Phi) is 6.75. The fourth-order valence-electron chi connectivity index (χ4n) is 8.83. The Morgan fingerprint density at radius 3 is 2.45 bits per heavy atom. The zero-order valence-corrected chi connectivity index (χ0v) is 24.0. The zero-order valence-electron chi connectivity index (χ0n) is 23.1. The quantitative estimate of drug-likeness (QED) is 0.284. The monoisotopic (exact) mass is 536 g/mol. The molecule has 1 aromatic carbocycles. The molecular formula is C32H41O5P. The van der Waals surface area contributed by atoms with Gasteiger partial charge in [0.2, 0.25) is 0 Å². The minimum Gasteiger partial charge on any atom is -0.370 e. The fraction of sp³-hybridized carbons (Fsp3) is 0.594. The lowest BCUT2D eigenvalue weighted by Gasteiger charge is -2.55. The lowest BCUT2D eigenvalue weighted by molar-refractivity contribution is -0.114. The summed E-state index contributed by atoms with van der Waals surface area (Å²) in [6.07, 6.45) is 9.67. The molecule has 1 heterocycles. The van der Waals surface area contributed by atoms with Crippen LogP contribution in [0, 0.1) is 17.3 Å². The first kappa shape index (κ1) is 26.4. The van der Waals surface area contributed by atoms with Crippen LogP contribution in [0.5, 0.6) is 0 Å². The van der Waals surface area contributed by atoms with E-state index < -0.39 is 7.60 Å². The third-order valence-corrected chi connectivity index (χ3v) is 12.5. The van der Waals surface area contributed by atoms with Crippen LogP contribution in [0.3, 0.4) is 0 Å². The van der Waals surface area contributed by atoms with Crippen molar-refractivity contribution in [3.8, 4) is 0 Å². The van der Waals surface area contributed by atoms with E-state index in [4.69, 9.17) is 13.8 Å². The molecule has 5 atom stereocenters. The van der Waals surface area contributed by atoms with E-state index in [0.717, 1.165) is 45.1 Å². The smallest absolute Gasteiger partial charge is 0.361 e. The number of hydrogen-bond acceptors (Lipinski definition) is 5. The van der Waals surface area contributed by atoms with Gasteiger partial charge in [-0.15, -0.1) is 0 Å². The molecule has 4 aliphatic carbocycles. The largest absolute Gasteiger partial charge is 0.370 e. The van der Waals surface area contributed by atoms with Crippen LogP contribution in [-0.2, 0) is 23.1 Å². The molecule has 204 valence electrons. The van der Waals surface area contributed by atoms with Crippen LogP contribution in [0.25, 0.3) is 0 Å². The number of carbonyl (C=O) groups is 1. The summed E-state index contributed by atoms with van der Waals surface area (Å²) in [5.74, 6) is 1.55. The van der Waals surface area contributed by atoms with E-state index in [0.29, 0.717) is 36.8 Å². The second-order valence-corrected chi connectivity index (χ2v) is 14.0. The summed E-state index contributed by atoms with van der Waals surface area (Å²) in [6, 6.07) is 8.15. The Balaban J connectivity index is 1.46. The standard InChI is InChI=1S/C32H41O5P/c1-5-36-38(34,37-6-2)25-11-7-22(8-12-25)28-20-31(4)29(15-17-32(31)21(3)16-18-35-32)27-13-9-23-19-24(33)10-14-26(23)30(27)28/h7-8,11-12,19,27-29H,3,5-6,9-10,13-18,20H2,1-2,4H3/t27?,28-,29+,31+,32?/m1/s1. The van der Waals surface area contributed by atoms with Crippen molar-refractivity contribution in [2.45, 2.75) is 83.7 Å². The van der Waals surface area contributed by atoms with Crippen molar-refractivity contribution >= 4 is 18.7 Å². The summed E-state index contributed by atoms with van der Waals surface area (Å²) >= 11 is 0. The molecule has 2 unspecified atom stereocenters. The van der Waals surface area contributed by atoms with Crippen LogP contribution in [0.4, 0.5) is 0 Å². The topological polar surface area (TPSA) is 61.8 Å². The summed E-state index contributed by atoms with van der Waals surface area (Å²) in [7, 11) is -3.34. The number of rotatable bonds is 6. The number of allylic oxidation sites excluding steroid dienone is 4. The number of carbonyl (C=O) groups excluding carboxylic acids is 1. The van der Waals surface area contributed by atoms with Crippen molar-refractivity contribution in [2.75, 3.05) is 19.8 Å². The van der Waals surface area contributed by atoms with Crippen LogP contribution >= 0.6 is 7.60 Å². The fourth-order valence-corrected chi connectivity index (χ4v) is 10.4. The van der Waals surface area contributed by atoms with Crippen LogP contribution in [0.1, 0.15) is 83.6 Å². The van der Waals surface area contributed by atoms with Crippen molar-refractivity contribution in [3.63, 3.8) is 0 Å². The van der Waals surface area contributed by atoms with Crippen LogP contribution in [0.15, 0.2) is 59.2 Å². The van der Waals surface area contributed by atoms with Crippen molar-refractivity contribution < 1.29 is 23.1 Å². The normalized spacial score (nSPS) is 34.8. The molecule has 1 spiro atoms. The molecular weight excluding hydrogens is 495 g/mol. The maximum Gasteiger partial charge on any atom is 0.361 e. The molecule has 0 amide bonds. The average Bonchev–Trinajstić information content (AvgIpc) is 3.43. The second kappa shape index (κ2) is 9.70. The predicted octanol–water partition coefficient (Wildman–Crippen LogP) is 7.19. The van der Waals surface area contributed by atoms with Crippen LogP contribution in [-0.4, -0.2) is 31.2 Å². The SMILES string of the molecule is C=C1CCOC12CC[C@H]1C3CCC4=CC(=O)CCC4=C3[C@@H](c3ccc(P(=O)(OCC)OCC)cc3)C[C@@]12C. The van der Waals surface area contributed by atoms with Crippen LogP contribution < -0.4 is 5.30 Å². The molecule has 6 rings (SSSR count). The van der Waals surface area contributed by atoms with Gasteiger partial charge in [0, 0.05) is 17.8 Å². The first-order valence-electron chi connectivity index (χ1n) is 14.5. The molecule has 0 N–H and O–H groups in total. The van der Waals surface area contributed by atoms with E-state index in [9.17, 15) is 9.36 Å². The maximum atomic E-state index is 13.4. The first-order chi connectivity index (χ1) is 18.3. The lowest BCUT2D eigenvalue weighted by Crippen LogP contribution is -2.52. The maximum absolute atomic E-state index is 13.4. The summed E-state index contributed by atoms with van der Waals surface area (Å²) in [4.78, 5) is 12.3. The van der Waals surface area contributed by atoms with E-state index in [-0.39, 0.29) is 22.7 Å². The highest BCUT2D eigenvalue weighted by molar-refractivity contribution is 7.62. The highest BCUT2D eigenvalue weighted by atomic mass is 31.2. The molecule has 38 heavy (non-hydrogen) atoms. The molecule has 0 bridgehead atoms. The van der Waals surface area contributed by atoms with Crippen molar-refractivity contribution in [2.24, 2.45) is 17.3 Å². The van der Waals surface area contributed by atoms with E-state index >= 15 is 0 Å². The Bertz CT molecular complexity index is 1250. The van der Waals surface area contributed by atoms with Gasteiger partial charge in [-0.2, -0.15) is 0 Å². The Morgan fingerprint density at radius 2 is 1.79 bits per heavy atom. The molecule has 3 fully saturated rings. The highest BCUT2D eigenvalue weighted by Gasteiger charge is 2.65. The minimum absolute atomic E-state index is 0.0102. The zero-order chi connectivity index (χ0) is 26.7. The Labute approximate surface area is 227 Å². The molecule has 5 aliphatic rings. The summed E-state index contributed by atoms with van der Waals surface area (Å²) in [6.45, 7) is 12.1. The Hall–Kier alpha value is -1.78. The van der Waals surface area contributed by atoms with Crippen molar-refractivity contribution in [1.29, 1.82) is 0 Å². The predicted molar refractivity (Wildman–Crippen MR) is 150 cm³/mol. The lowest BCUT2D eigenvalue weighted by atomic mass is 9.50. The summed E-state index contributed by atoms with van der Waals surface area (Å²) in [5.41, 5.74) is 6.57. The van der Waals surface area contributed by atoms with Gasteiger partial charge in [-0.05, 0) is 111 Å². The third-order valence-electron chi connectivity index (χ3n) is 10.4. The minimum atomic E-state index is -3.34. The first-order valence-corrected chi connectivity index (χ1v) is 16.1. The van der Waals surface area contributed by atoms with Gasteiger partial charge in [0.1, 0.15) is 0 Å². The van der Waals surface area contributed by atoms with E-state index in [1.165, 1.54) is 28.7 Å². The molecule has 0 radical (unpaired) electrons. The molecule has 0 aromatic heterocycles. The molecule has 1 saturated heterocycles. The number of ether oxygens (including phenoxy) is 1. The molecule has 6 heteroatoms. The van der Waals surface area contributed by atoms with Gasteiger partial charge in [0.05, 0.1) is 30.7 Å². The molecule has 2 saturated carbocycles. The number of fused-ring (bicyclic) bond motifs is 5. The second-order valence-electron chi connectivity index (χ2n) is 12.0. The van der Waals surface area contributed by atoms with Crippen molar-refractivity contribution in [3.05, 3.63) is 64.8 Å². The Morgan fingerprint density at radius 1 is 1.05 bits per heavy atom. The molecule has 1 aliphatic heterocycles. The van der Waals surface area contributed by atoms with Gasteiger partial charge in [0.15, 0.2) is 5.78 Å². The van der Waals surface area contributed by atoms with Gasteiger partial charge in [-0.25, -0.2) is 0 Å². The summed E-state index contributed by atoms with van der Waals surface area (Å²) in [5, 5.41) is 0.608. The molecule has 5 nitrogen and oxygen atoms in total. The van der Waals surface area contributed by atoms with Crippen LogP contribution in [0.2, 0.25) is 0 Å². The van der Waals surface area contributed by atoms with Gasteiger partial charge in [-0.1, -0.05) is 31.2 Å². The van der Waals surface area contributed by atoms with Gasteiger partial charge >= 0.3 is 7.60 Å². The van der Waals surface area contributed by atoms with E-state index in [2.05, 4.69) is 25.6 Å².